The maximum absolute atomic E-state index is 5.70. The molecule has 1 saturated heterocycles. The van der Waals surface area contributed by atoms with Crippen LogP contribution in [0.15, 0.2) is 42.5 Å². The second-order valence-electron chi connectivity index (χ2n) is 7.45. The second kappa shape index (κ2) is 7.58. The van der Waals surface area contributed by atoms with Gasteiger partial charge in [0.15, 0.2) is 0 Å². The zero-order chi connectivity index (χ0) is 17.9. The minimum Gasteiger partial charge on any atom is -0.494 e. The lowest BCUT2D eigenvalue weighted by molar-refractivity contribution is 0.313. The minimum absolute atomic E-state index is 0.355. The fraction of sp³-hybridized carbons (Fsp3) is 0.455. The van der Waals surface area contributed by atoms with E-state index in [2.05, 4.69) is 71.6 Å². The largest absolute Gasteiger partial charge is 0.494 e. The lowest BCUT2D eigenvalue weighted by Crippen LogP contribution is -2.44. The van der Waals surface area contributed by atoms with Gasteiger partial charge in [0.1, 0.15) is 5.75 Å². The van der Waals surface area contributed by atoms with Crippen LogP contribution < -0.4 is 15.0 Å². The van der Waals surface area contributed by atoms with Crippen LogP contribution in [-0.2, 0) is 6.42 Å². The van der Waals surface area contributed by atoms with Gasteiger partial charge in [-0.1, -0.05) is 25.1 Å². The number of rotatable bonds is 5. The van der Waals surface area contributed by atoms with Crippen LogP contribution in [0.5, 0.6) is 5.75 Å². The Hall–Kier alpha value is -2.20. The summed E-state index contributed by atoms with van der Waals surface area (Å²) in [7, 11) is 2.20. The first-order chi connectivity index (χ1) is 12.7. The first-order valence-electron chi connectivity index (χ1n) is 9.78. The van der Waals surface area contributed by atoms with Gasteiger partial charge >= 0.3 is 0 Å². The van der Waals surface area contributed by atoms with Crippen molar-refractivity contribution >= 4 is 11.4 Å². The fourth-order valence-corrected chi connectivity index (χ4v) is 3.81. The van der Waals surface area contributed by atoms with E-state index in [1.807, 2.05) is 0 Å². The summed E-state index contributed by atoms with van der Waals surface area (Å²) in [5.74, 6) is 0.962. The third-order valence-electron chi connectivity index (χ3n) is 5.47. The Kier molecular flexibility index (Phi) is 5.02. The summed E-state index contributed by atoms with van der Waals surface area (Å²) in [5.41, 5.74) is 5.37. The van der Waals surface area contributed by atoms with Crippen molar-refractivity contribution in [3.63, 3.8) is 0 Å². The van der Waals surface area contributed by atoms with Crippen LogP contribution >= 0.6 is 0 Å². The van der Waals surface area contributed by atoms with Gasteiger partial charge in [-0.3, -0.25) is 0 Å². The van der Waals surface area contributed by atoms with E-state index in [0.29, 0.717) is 6.04 Å². The molecule has 2 aromatic carbocycles. The van der Waals surface area contributed by atoms with Crippen molar-refractivity contribution in [3.05, 3.63) is 53.6 Å². The summed E-state index contributed by atoms with van der Waals surface area (Å²) in [6.07, 6.45) is 2.09. The van der Waals surface area contributed by atoms with Crippen LogP contribution in [-0.4, -0.2) is 44.7 Å². The monoisotopic (exact) mass is 351 g/mol. The first-order valence-corrected chi connectivity index (χ1v) is 9.78. The highest BCUT2D eigenvalue weighted by Gasteiger charge is 2.23. The average Bonchev–Trinajstić information content (AvgIpc) is 3.10. The standard InChI is InChI=1S/C22H29N3O/c1-3-14-26-20-8-5-17(6-9-20)21-15-18-4-7-19(16-22(18)23-21)25-12-10-24(2)11-13-25/h4-9,16,21,23H,3,10-15H2,1-2H3. The molecule has 4 rings (SSSR count). The first kappa shape index (κ1) is 17.2. The molecule has 0 bridgehead atoms. The molecular weight excluding hydrogens is 322 g/mol. The molecule has 2 heterocycles. The van der Waals surface area contributed by atoms with Crippen molar-refractivity contribution in [3.8, 4) is 5.75 Å². The number of nitrogens with zero attached hydrogens (tertiary/aromatic N) is 2. The van der Waals surface area contributed by atoms with Gasteiger partial charge in [-0.2, -0.15) is 0 Å². The van der Waals surface area contributed by atoms with Gasteiger partial charge in [-0.05, 0) is 55.3 Å². The Morgan fingerprint density at radius 1 is 1.04 bits per heavy atom. The zero-order valence-electron chi connectivity index (χ0n) is 15.9. The minimum atomic E-state index is 0.355. The van der Waals surface area contributed by atoms with Crippen LogP contribution in [0.1, 0.15) is 30.5 Å². The van der Waals surface area contributed by atoms with Crippen molar-refractivity contribution in [2.75, 3.05) is 50.1 Å². The van der Waals surface area contributed by atoms with Gasteiger partial charge in [0, 0.05) is 37.6 Å². The van der Waals surface area contributed by atoms with Gasteiger partial charge in [0.25, 0.3) is 0 Å². The van der Waals surface area contributed by atoms with E-state index in [9.17, 15) is 0 Å². The van der Waals surface area contributed by atoms with E-state index in [-0.39, 0.29) is 0 Å². The van der Waals surface area contributed by atoms with Crippen molar-refractivity contribution in [2.24, 2.45) is 0 Å². The third kappa shape index (κ3) is 3.65. The topological polar surface area (TPSA) is 27.7 Å². The number of ether oxygens (including phenoxy) is 1. The van der Waals surface area contributed by atoms with E-state index in [4.69, 9.17) is 4.74 Å². The Morgan fingerprint density at radius 3 is 2.54 bits per heavy atom. The number of piperazine rings is 1. The third-order valence-corrected chi connectivity index (χ3v) is 5.47. The molecule has 1 atom stereocenters. The molecule has 0 radical (unpaired) electrons. The molecule has 2 aromatic rings. The Balaban J connectivity index is 1.43. The molecule has 26 heavy (non-hydrogen) atoms. The number of fused-ring (bicyclic) bond motifs is 1. The molecule has 2 aliphatic rings. The molecule has 1 fully saturated rings. The molecule has 0 spiro atoms. The Morgan fingerprint density at radius 2 is 1.81 bits per heavy atom. The van der Waals surface area contributed by atoms with Crippen molar-refractivity contribution in [2.45, 2.75) is 25.8 Å². The fourth-order valence-electron chi connectivity index (χ4n) is 3.81. The maximum atomic E-state index is 5.70. The lowest BCUT2D eigenvalue weighted by atomic mass is 10.0. The molecule has 4 nitrogen and oxygen atoms in total. The Labute approximate surface area is 156 Å². The van der Waals surface area contributed by atoms with Crippen LogP contribution in [0.3, 0.4) is 0 Å². The Bertz CT molecular complexity index is 736. The van der Waals surface area contributed by atoms with E-state index in [0.717, 1.165) is 51.4 Å². The van der Waals surface area contributed by atoms with E-state index in [1.165, 1.54) is 22.5 Å². The molecule has 0 saturated carbocycles. The highest BCUT2D eigenvalue weighted by Crippen LogP contribution is 2.37. The summed E-state index contributed by atoms with van der Waals surface area (Å²) in [6.45, 7) is 7.40. The summed E-state index contributed by atoms with van der Waals surface area (Å²) in [4.78, 5) is 4.89. The molecule has 0 aromatic heterocycles. The SMILES string of the molecule is CCCOc1ccc(C2Cc3ccc(N4CCN(C)CC4)cc3N2)cc1. The molecule has 1 N–H and O–H groups in total. The van der Waals surface area contributed by atoms with E-state index in [1.54, 1.807) is 0 Å². The molecule has 4 heteroatoms. The number of nitrogens with one attached hydrogen (secondary N) is 1. The number of likely N-dealkylation sites (N-methyl/N-ethyl adjacent to an activating group) is 1. The summed E-state index contributed by atoms with van der Waals surface area (Å²) < 4.78 is 5.70. The van der Waals surface area contributed by atoms with Crippen molar-refractivity contribution < 1.29 is 4.74 Å². The van der Waals surface area contributed by atoms with Gasteiger partial charge in [0.2, 0.25) is 0 Å². The normalized spacial score (nSPS) is 19.9. The molecule has 0 aliphatic carbocycles. The van der Waals surface area contributed by atoms with Gasteiger partial charge in [-0.15, -0.1) is 0 Å². The number of benzene rings is 2. The van der Waals surface area contributed by atoms with E-state index < -0.39 is 0 Å². The second-order valence-corrected chi connectivity index (χ2v) is 7.45. The number of anilines is 2. The van der Waals surface area contributed by atoms with Gasteiger partial charge in [-0.25, -0.2) is 0 Å². The van der Waals surface area contributed by atoms with Gasteiger partial charge in [0.05, 0.1) is 12.6 Å². The zero-order valence-corrected chi connectivity index (χ0v) is 15.9. The summed E-state index contributed by atoms with van der Waals surface area (Å²) in [6, 6.07) is 15.8. The lowest BCUT2D eigenvalue weighted by Gasteiger charge is -2.34. The van der Waals surface area contributed by atoms with E-state index >= 15 is 0 Å². The average molecular weight is 351 g/mol. The van der Waals surface area contributed by atoms with Gasteiger partial charge < -0.3 is 19.9 Å². The highest BCUT2D eigenvalue weighted by atomic mass is 16.5. The van der Waals surface area contributed by atoms with Crippen LogP contribution in [0, 0.1) is 0 Å². The predicted molar refractivity (Wildman–Crippen MR) is 108 cm³/mol. The summed E-state index contributed by atoms with van der Waals surface area (Å²) in [5, 5.41) is 3.72. The predicted octanol–water partition coefficient (Wildman–Crippen LogP) is 3.94. The van der Waals surface area contributed by atoms with Crippen LogP contribution in [0.25, 0.3) is 0 Å². The number of hydrogen-bond donors (Lipinski definition) is 1. The van der Waals surface area contributed by atoms with Crippen molar-refractivity contribution in [1.82, 2.24) is 4.90 Å². The highest BCUT2D eigenvalue weighted by molar-refractivity contribution is 5.66. The quantitative estimate of drug-likeness (QED) is 0.883. The van der Waals surface area contributed by atoms with Crippen LogP contribution in [0.4, 0.5) is 11.4 Å². The summed E-state index contributed by atoms with van der Waals surface area (Å²) >= 11 is 0. The van der Waals surface area contributed by atoms with Crippen LogP contribution in [0.2, 0.25) is 0 Å². The molecule has 138 valence electrons. The molecule has 0 amide bonds. The maximum Gasteiger partial charge on any atom is 0.119 e. The number of hydrogen-bond acceptors (Lipinski definition) is 4. The van der Waals surface area contributed by atoms with Crippen molar-refractivity contribution in [1.29, 1.82) is 0 Å². The molecule has 1 unspecified atom stereocenters. The molecule has 2 aliphatic heterocycles. The smallest absolute Gasteiger partial charge is 0.119 e. The molecular formula is C22H29N3O.